The second kappa shape index (κ2) is 6.91. The van der Waals surface area contributed by atoms with Crippen LogP contribution in [0, 0.1) is 0 Å². The molecule has 0 aliphatic carbocycles. The molecule has 0 unspecified atom stereocenters. The summed E-state index contributed by atoms with van der Waals surface area (Å²) >= 11 is 0. The third-order valence-corrected chi connectivity index (χ3v) is 3.55. The number of methoxy groups -OCH3 is 1. The number of benzene rings is 2. The summed E-state index contributed by atoms with van der Waals surface area (Å²) in [6.07, 6.45) is 0. The number of hydrogen-bond donors (Lipinski definition) is 1. The van der Waals surface area contributed by atoms with Crippen molar-refractivity contribution in [2.24, 2.45) is 5.10 Å². The van der Waals surface area contributed by atoms with Gasteiger partial charge in [0.25, 0.3) is 5.91 Å². The first kappa shape index (κ1) is 15.7. The van der Waals surface area contributed by atoms with Gasteiger partial charge in [0, 0.05) is 5.56 Å². The summed E-state index contributed by atoms with van der Waals surface area (Å²) in [6.45, 7) is 1.87. The lowest BCUT2D eigenvalue weighted by Gasteiger charge is -2.05. The van der Waals surface area contributed by atoms with Crippen molar-refractivity contribution in [1.29, 1.82) is 0 Å². The first-order chi connectivity index (χ1) is 11.7. The third kappa shape index (κ3) is 3.40. The van der Waals surface area contributed by atoms with Crippen LogP contribution in [-0.4, -0.2) is 33.7 Å². The van der Waals surface area contributed by atoms with Crippen LogP contribution in [0.15, 0.2) is 53.6 Å². The maximum absolute atomic E-state index is 12.1. The highest BCUT2D eigenvalue weighted by molar-refractivity contribution is 5.99. The minimum Gasteiger partial charge on any atom is -0.497 e. The molecule has 3 rings (SSSR count). The average molecular weight is 323 g/mol. The van der Waals surface area contributed by atoms with Gasteiger partial charge in [0.05, 0.1) is 18.3 Å². The Morgan fingerprint density at radius 1 is 1.25 bits per heavy atom. The molecule has 0 fully saturated rings. The average Bonchev–Trinajstić information content (AvgIpc) is 3.03. The molecule has 3 aromatic rings. The Morgan fingerprint density at radius 3 is 2.92 bits per heavy atom. The molecule has 24 heavy (non-hydrogen) atoms. The number of nitrogens with one attached hydrogen (secondary N) is 1. The van der Waals surface area contributed by atoms with Gasteiger partial charge in [-0.05, 0) is 31.2 Å². The molecule has 0 aliphatic heterocycles. The maximum atomic E-state index is 12.1. The number of carbonyl (C=O) groups excluding carboxylic acids is 1. The van der Waals surface area contributed by atoms with Crippen LogP contribution in [0.2, 0.25) is 0 Å². The molecular weight excluding hydrogens is 306 g/mol. The van der Waals surface area contributed by atoms with Gasteiger partial charge >= 0.3 is 0 Å². The van der Waals surface area contributed by atoms with Gasteiger partial charge in [-0.3, -0.25) is 4.79 Å². The topological polar surface area (TPSA) is 81.4 Å². The van der Waals surface area contributed by atoms with Crippen molar-refractivity contribution in [2.45, 2.75) is 13.5 Å². The van der Waals surface area contributed by atoms with Crippen LogP contribution in [-0.2, 0) is 11.3 Å². The van der Waals surface area contributed by atoms with Crippen LogP contribution in [0.25, 0.3) is 11.0 Å². The van der Waals surface area contributed by atoms with Crippen molar-refractivity contribution in [3.05, 3.63) is 54.1 Å². The maximum Gasteiger partial charge on any atom is 0.261 e. The molecule has 1 heterocycles. The largest absolute Gasteiger partial charge is 0.497 e. The third-order valence-electron chi connectivity index (χ3n) is 3.55. The molecule has 2 aromatic carbocycles. The zero-order valence-corrected chi connectivity index (χ0v) is 13.4. The van der Waals surface area contributed by atoms with Crippen molar-refractivity contribution >= 4 is 22.7 Å². The molecule has 0 atom stereocenters. The molecule has 0 spiro atoms. The van der Waals surface area contributed by atoms with Gasteiger partial charge in [-0.2, -0.15) is 5.10 Å². The summed E-state index contributed by atoms with van der Waals surface area (Å²) in [7, 11) is 1.61. The summed E-state index contributed by atoms with van der Waals surface area (Å²) in [6, 6.07) is 15.0. The zero-order chi connectivity index (χ0) is 16.9. The summed E-state index contributed by atoms with van der Waals surface area (Å²) in [4.78, 5) is 12.1. The van der Waals surface area contributed by atoms with Gasteiger partial charge in [0.15, 0.2) is 0 Å². The summed E-state index contributed by atoms with van der Waals surface area (Å²) in [5.74, 6) is 0.468. The Bertz CT molecular complexity index is 901. The molecule has 0 saturated heterocycles. The van der Waals surface area contributed by atoms with Gasteiger partial charge in [-0.25, -0.2) is 10.1 Å². The summed E-state index contributed by atoms with van der Waals surface area (Å²) < 4.78 is 6.72. The van der Waals surface area contributed by atoms with Crippen molar-refractivity contribution in [3.8, 4) is 5.75 Å². The molecular formula is C17H17N5O2. The van der Waals surface area contributed by atoms with E-state index in [1.807, 2.05) is 55.5 Å². The Morgan fingerprint density at radius 2 is 2.08 bits per heavy atom. The molecule has 0 radical (unpaired) electrons. The fourth-order valence-corrected chi connectivity index (χ4v) is 2.26. The van der Waals surface area contributed by atoms with Crippen LogP contribution >= 0.6 is 0 Å². The molecule has 122 valence electrons. The summed E-state index contributed by atoms with van der Waals surface area (Å²) in [5, 5.41) is 12.1. The molecule has 7 nitrogen and oxygen atoms in total. The smallest absolute Gasteiger partial charge is 0.261 e. The number of nitrogens with zero attached hydrogens (tertiary/aromatic N) is 4. The van der Waals surface area contributed by atoms with Crippen molar-refractivity contribution in [3.63, 3.8) is 0 Å². The SMILES string of the molecule is COc1cccc(C(C)=NNC(=O)Cn2nnc3ccccc32)c1. The van der Waals surface area contributed by atoms with Crippen molar-refractivity contribution < 1.29 is 9.53 Å². The van der Waals surface area contributed by atoms with E-state index in [1.54, 1.807) is 11.8 Å². The first-order valence-corrected chi connectivity index (χ1v) is 7.43. The zero-order valence-electron chi connectivity index (χ0n) is 13.4. The number of fused-ring (bicyclic) bond motifs is 1. The number of hydrazone groups is 1. The van der Waals surface area contributed by atoms with Gasteiger partial charge in [0.2, 0.25) is 0 Å². The minimum atomic E-state index is -0.270. The van der Waals surface area contributed by atoms with Crippen LogP contribution < -0.4 is 10.2 Å². The number of rotatable bonds is 5. The molecule has 7 heteroatoms. The molecule has 1 N–H and O–H groups in total. The van der Waals surface area contributed by atoms with E-state index < -0.39 is 0 Å². The van der Waals surface area contributed by atoms with Crippen molar-refractivity contribution in [1.82, 2.24) is 20.4 Å². The quantitative estimate of drug-likeness (QED) is 0.575. The van der Waals surface area contributed by atoms with Gasteiger partial charge in [0.1, 0.15) is 17.8 Å². The number of para-hydroxylation sites is 1. The molecule has 0 bridgehead atoms. The first-order valence-electron chi connectivity index (χ1n) is 7.43. The monoisotopic (exact) mass is 323 g/mol. The highest BCUT2D eigenvalue weighted by Gasteiger charge is 2.08. The highest BCUT2D eigenvalue weighted by atomic mass is 16.5. The fraction of sp³-hybridized carbons (Fsp3) is 0.176. The van der Waals surface area contributed by atoms with E-state index in [4.69, 9.17) is 4.74 Å². The Balaban J connectivity index is 1.68. The lowest BCUT2D eigenvalue weighted by molar-refractivity contribution is -0.121. The number of carbonyl (C=O) groups is 1. The molecule has 0 aliphatic rings. The second-order valence-corrected chi connectivity index (χ2v) is 5.20. The van der Waals surface area contributed by atoms with E-state index >= 15 is 0 Å². The van der Waals surface area contributed by atoms with E-state index in [1.165, 1.54) is 0 Å². The van der Waals surface area contributed by atoms with Crippen LogP contribution in [0.1, 0.15) is 12.5 Å². The van der Waals surface area contributed by atoms with Gasteiger partial charge in [-0.1, -0.05) is 29.5 Å². The normalized spacial score (nSPS) is 11.5. The Hall–Kier alpha value is -3.22. The summed E-state index contributed by atoms with van der Waals surface area (Å²) in [5.41, 5.74) is 5.66. The van der Waals surface area contributed by atoms with E-state index in [-0.39, 0.29) is 12.5 Å². The standard InChI is InChI=1S/C17H17N5O2/c1-12(13-6-5-7-14(10-13)24-2)18-20-17(23)11-22-16-9-4-3-8-15(16)19-21-22/h3-10H,11H2,1-2H3,(H,20,23). The Labute approximate surface area is 138 Å². The van der Waals surface area contributed by atoms with Crippen LogP contribution in [0.5, 0.6) is 5.75 Å². The van der Waals surface area contributed by atoms with E-state index in [0.29, 0.717) is 5.71 Å². The number of aromatic nitrogens is 3. The predicted octanol–water partition coefficient (Wildman–Crippen LogP) is 1.98. The van der Waals surface area contributed by atoms with Crippen LogP contribution in [0.4, 0.5) is 0 Å². The number of hydrogen-bond acceptors (Lipinski definition) is 5. The van der Waals surface area contributed by atoms with Crippen molar-refractivity contribution in [2.75, 3.05) is 7.11 Å². The predicted molar refractivity (Wildman–Crippen MR) is 90.9 cm³/mol. The number of ether oxygens (including phenoxy) is 1. The second-order valence-electron chi connectivity index (χ2n) is 5.20. The lowest BCUT2D eigenvalue weighted by atomic mass is 10.1. The van der Waals surface area contributed by atoms with E-state index in [2.05, 4.69) is 20.8 Å². The van der Waals surface area contributed by atoms with E-state index in [0.717, 1.165) is 22.3 Å². The molecule has 0 saturated carbocycles. The minimum absolute atomic E-state index is 0.0510. The number of amides is 1. The fourth-order valence-electron chi connectivity index (χ4n) is 2.26. The Kier molecular flexibility index (Phi) is 4.51. The highest BCUT2D eigenvalue weighted by Crippen LogP contribution is 2.13. The van der Waals surface area contributed by atoms with Crippen LogP contribution in [0.3, 0.4) is 0 Å². The molecule has 1 aromatic heterocycles. The van der Waals surface area contributed by atoms with Gasteiger partial charge < -0.3 is 4.74 Å². The van der Waals surface area contributed by atoms with E-state index in [9.17, 15) is 4.79 Å². The van der Waals surface area contributed by atoms with Gasteiger partial charge in [-0.15, -0.1) is 5.10 Å². The lowest BCUT2D eigenvalue weighted by Crippen LogP contribution is -2.24. The molecule has 1 amide bonds.